The molecule has 0 saturated carbocycles. The highest BCUT2D eigenvalue weighted by molar-refractivity contribution is 6.11. The van der Waals surface area contributed by atoms with Crippen molar-refractivity contribution in [3.8, 4) is 11.8 Å². The van der Waals surface area contributed by atoms with Gasteiger partial charge in [-0.25, -0.2) is 4.79 Å². The highest BCUT2D eigenvalue weighted by Gasteiger charge is 2.37. The molecule has 2 saturated heterocycles. The number of carbonyl (C=O) groups excluding carboxylic acids is 2. The number of carbonyl (C=O) groups is 2. The lowest BCUT2D eigenvalue weighted by Crippen LogP contribution is -2.59. The molecule has 0 bridgehead atoms. The second kappa shape index (κ2) is 13.0. The number of hydrogen-bond acceptors (Lipinski definition) is 10. The zero-order chi connectivity index (χ0) is 32.5. The summed E-state index contributed by atoms with van der Waals surface area (Å²) in [5, 5.41) is 4.77. The molecule has 2 aliphatic heterocycles. The number of likely N-dealkylation sites (tertiary alicyclic amines) is 1. The van der Waals surface area contributed by atoms with E-state index in [2.05, 4.69) is 22.2 Å². The second-order valence-electron chi connectivity index (χ2n) is 13.0. The van der Waals surface area contributed by atoms with Crippen LogP contribution >= 0.6 is 0 Å². The molecule has 12 heteroatoms. The molecule has 2 fully saturated rings. The largest absolute Gasteiger partial charge is 0.497 e. The highest BCUT2D eigenvalue weighted by atomic mass is 16.6. The number of fused-ring (bicyclic) bond motifs is 1. The van der Waals surface area contributed by atoms with E-state index in [1.165, 1.54) is 0 Å². The van der Waals surface area contributed by atoms with Crippen LogP contribution < -0.4 is 25.4 Å². The molecular formula is C33H45N7O5. The number of nitrogens with zero attached hydrogens (tertiary/aromatic N) is 5. The second-order valence-corrected chi connectivity index (χ2v) is 13.0. The zero-order valence-electron chi connectivity index (χ0n) is 27.3. The number of anilines is 3. The molecule has 0 unspecified atom stereocenters. The number of amides is 2. The predicted octanol–water partition coefficient (Wildman–Crippen LogP) is 4.78. The number of piperazine rings is 1. The molecule has 242 valence electrons. The Kier molecular flexibility index (Phi) is 9.24. The summed E-state index contributed by atoms with van der Waals surface area (Å²) in [5.74, 6) is 0.505. The van der Waals surface area contributed by atoms with Gasteiger partial charge in [-0.3, -0.25) is 4.79 Å². The van der Waals surface area contributed by atoms with Crippen molar-refractivity contribution in [3.63, 3.8) is 0 Å². The Hall–Kier alpha value is -4.32. The summed E-state index contributed by atoms with van der Waals surface area (Å²) in [4.78, 5) is 42.1. The number of hydrogen-bond donors (Lipinski definition) is 2. The number of likely N-dealkylation sites (N-methyl/N-ethyl adjacent to an activating group) is 1. The van der Waals surface area contributed by atoms with Crippen molar-refractivity contribution < 1.29 is 23.8 Å². The van der Waals surface area contributed by atoms with Crippen LogP contribution in [0.1, 0.15) is 57.9 Å². The first-order valence-electron chi connectivity index (χ1n) is 15.5. The summed E-state index contributed by atoms with van der Waals surface area (Å²) in [6.45, 7) is 11.7. The SMILES string of the molecule is COc1cc(NC(=O)c2nc(OC[C@@H]3CCCN3C)nc(N3[C@@H](C)CN(C(=O)OC(C)(C)C)C[C@@H]3C)c2N)c2ccccc2c1. The van der Waals surface area contributed by atoms with Gasteiger partial charge in [0.1, 0.15) is 23.6 Å². The Bertz CT molecular complexity index is 1550. The smallest absolute Gasteiger partial charge is 0.410 e. The maximum Gasteiger partial charge on any atom is 0.410 e. The van der Waals surface area contributed by atoms with Crippen LogP contribution in [0.15, 0.2) is 36.4 Å². The molecule has 2 amide bonds. The average Bonchev–Trinajstić information content (AvgIpc) is 3.40. The quantitative estimate of drug-likeness (QED) is 0.380. The first-order valence-corrected chi connectivity index (χ1v) is 15.5. The monoisotopic (exact) mass is 619 g/mol. The van der Waals surface area contributed by atoms with Crippen molar-refractivity contribution in [2.45, 2.75) is 71.2 Å². The van der Waals surface area contributed by atoms with E-state index in [4.69, 9.17) is 24.9 Å². The first-order chi connectivity index (χ1) is 21.3. The molecule has 0 radical (unpaired) electrons. The minimum atomic E-state index is -0.603. The van der Waals surface area contributed by atoms with Crippen LogP contribution in [0.25, 0.3) is 10.8 Å². The molecule has 1 aromatic heterocycles. The molecular weight excluding hydrogens is 574 g/mol. The Morgan fingerprint density at radius 2 is 1.80 bits per heavy atom. The van der Waals surface area contributed by atoms with Crippen molar-refractivity contribution in [2.75, 3.05) is 56.3 Å². The highest BCUT2D eigenvalue weighted by Crippen LogP contribution is 2.34. The Labute approximate surface area is 264 Å². The van der Waals surface area contributed by atoms with Gasteiger partial charge in [0.25, 0.3) is 5.91 Å². The lowest BCUT2D eigenvalue weighted by molar-refractivity contribution is 0.0192. The van der Waals surface area contributed by atoms with E-state index in [0.29, 0.717) is 37.0 Å². The van der Waals surface area contributed by atoms with Gasteiger partial charge >= 0.3 is 12.1 Å². The lowest BCUT2D eigenvalue weighted by Gasteiger charge is -2.45. The van der Waals surface area contributed by atoms with Gasteiger partial charge in [0, 0.05) is 42.7 Å². The van der Waals surface area contributed by atoms with Gasteiger partial charge in [-0.1, -0.05) is 24.3 Å². The van der Waals surface area contributed by atoms with Crippen LogP contribution in [0.5, 0.6) is 11.8 Å². The maximum absolute atomic E-state index is 13.9. The Morgan fingerprint density at radius 3 is 2.44 bits per heavy atom. The minimum Gasteiger partial charge on any atom is -0.497 e. The fraction of sp³-hybridized carbons (Fsp3) is 0.515. The fourth-order valence-electron chi connectivity index (χ4n) is 6.13. The number of rotatable bonds is 7. The van der Waals surface area contributed by atoms with Gasteiger partial charge in [0.05, 0.1) is 12.8 Å². The van der Waals surface area contributed by atoms with E-state index in [1.807, 2.05) is 69.9 Å². The van der Waals surface area contributed by atoms with Gasteiger partial charge in [-0.15, -0.1) is 0 Å². The van der Waals surface area contributed by atoms with Crippen LogP contribution in [0, 0.1) is 0 Å². The standard InChI is InChI=1S/C33H45N7O5/c1-20-17-39(32(42)45-33(3,4)5)18-21(2)40(20)29-27(34)28(36-31(37-29)44-19-23-12-10-14-38(23)6)30(41)35-26-16-24(43-7)15-22-11-8-9-13-25(22)26/h8-9,11,13,15-16,20-21,23H,10,12,14,17-19,34H2,1-7H3,(H,35,41)/t20-,21-,23-/m0/s1. The van der Waals surface area contributed by atoms with Crippen LogP contribution in [-0.4, -0.2) is 95.9 Å². The fourth-order valence-corrected chi connectivity index (χ4v) is 6.13. The van der Waals surface area contributed by atoms with Gasteiger partial charge in [0.2, 0.25) is 0 Å². The molecule has 5 rings (SSSR count). The van der Waals surface area contributed by atoms with Crippen molar-refractivity contribution in [1.82, 2.24) is 19.8 Å². The van der Waals surface area contributed by atoms with Gasteiger partial charge in [-0.2, -0.15) is 9.97 Å². The maximum atomic E-state index is 13.9. The van der Waals surface area contributed by atoms with Gasteiger partial charge in [0.15, 0.2) is 11.5 Å². The summed E-state index contributed by atoms with van der Waals surface area (Å²) in [6, 6.07) is 11.3. The molecule has 2 aliphatic rings. The van der Waals surface area contributed by atoms with E-state index in [-0.39, 0.29) is 41.6 Å². The third-order valence-electron chi connectivity index (χ3n) is 8.33. The number of ether oxygens (including phenoxy) is 3. The first kappa shape index (κ1) is 32.1. The number of nitrogen functional groups attached to an aromatic ring is 1. The number of nitrogens with one attached hydrogen (secondary N) is 1. The Balaban J connectivity index is 1.48. The Morgan fingerprint density at radius 1 is 1.09 bits per heavy atom. The van der Waals surface area contributed by atoms with E-state index < -0.39 is 11.5 Å². The van der Waals surface area contributed by atoms with Crippen molar-refractivity contribution >= 4 is 40.0 Å². The summed E-state index contributed by atoms with van der Waals surface area (Å²) < 4.78 is 17.3. The lowest BCUT2D eigenvalue weighted by atomic mass is 10.1. The molecule has 3 aromatic rings. The number of aromatic nitrogens is 2. The molecule has 45 heavy (non-hydrogen) atoms. The molecule has 3 heterocycles. The van der Waals surface area contributed by atoms with Crippen LogP contribution in [0.3, 0.4) is 0 Å². The third kappa shape index (κ3) is 7.16. The number of methoxy groups -OCH3 is 1. The molecule has 3 N–H and O–H groups in total. The molecule has 3 atom stereocenters. The molecule has 2 aromatic carbocycles. The molecule has 12 nitrogen and oxygen atoms in total. The summed E-state index contributed by atoms with van der Waals surface area (Å²) in [6.07, 6.45) is 1.74. The number of benzene rings is 2. The van der Waals surface area contributed by atoms with Crippen molar-refractivity contribution in [2.24, 2.45) is 0 Å². The van der Waals surface area contributed by atoms with E-state index >= 15 is 0 Å². The van der Waals surface area contributed by atoms with Crippen molar-refractivity contribution in [1.29, 1.82) is 0 Å². The minimum absolute atomic E-state index is 0.00986. The molecule has 0 spiro atoms. The van der Waals surface area contributed by atoms with Crippen LogP contribution in [0.4, 0.5) is 22.0 Å². The molecule has 0 aliphatic carbocycles. The van der Waals surface area contributed by atoms with Gasteiger partial charge in [-0.05, 0) is 72.5 Å². The van der Waals surface area contributed by atoms with Crippen molar-refractivity contribution in [3.05, 3.63) is 42.1 Å². The normalized spacial score (nSPS) is 20.7. The summed E-state index contributed by atoms with van der Waals surface area (Å²) >= 11 is 0. The van der Waals surface area contributed by atoms with E-state index in [9.17, 15) is 9.59 Å². The van der Waals surface area contributed by atoms with Crippen LogP contribution in [-0.2, 0) is 4.74 Å². The van der Waals surface area contributed by atoms with Gasteiger partial charge < -0.3 is 40.0 Å². The summed E-state index contributed by atoms with van der Waals surface area (Å²) in [5.41, 5.74) is 6.83. The predicted molar refractivity (Wildman–Crippen MR) is 175 cm³/mol. The van der Waals surface area contributed by atoms with E-state index in [1.54, 1.807) is 18.1 Å². The van der Waals surface area contributed by atoms with E-state index in [0.717, 1.165) is 30.2 Å². The third-order valence-corrected chi connectivity index (χ3v) is 8.33. The topological polar surface area (TPSA) is 135 Å². The van der Waals surface area contributed by atoms with Crippen LogP contribution in [0.2, 0.25) is 0 Å². The average molecular weight is 620 g/mol. The zero-order valence-corrected chi connectivity index (χ0v) is 27.3. The number of nitrogens with two attached hydrogens (primary N) is 1. The summed E-state index contributed by atoms with van der Waals surface area (Å²) in [7, 11) is 3.65.